The molecule has 2 aliphatic rings. The number of aromatic nitrogens is 12. The zero-order valence-corrected chi connectivity index (χ0v) is 38.7. The van der Waals surface area contributed by atoms with Gasteiger partial charge in [0.05, 0.1) is 37.4 Å². The van der Waals surface area contributed by atoms with E-state index in [1.54, 1.807) is 43.7 Å². The molecular weight excluding hydrogens is 885 g/mol. The first-order valence-corrected chi connectivity index (χ1v) is 24.3. The fourth-order valence-corrected chi connectivity index (χ4v) is 9.72. The zero-order valence-electron chi connectivity index (χ0n) is 37.9. The van der Waals surface area contributed by atoms with Crippen LogP contribution in [0.3, 0.4) is 0 Å². The lowest BCUT2D eigenvalue weighted by atomic mass is 10.0. The summed E-state index contributed by atoms with van der Waals surface area (Å²) >= 11 is 0. The number of piperidine rings is 1. The van der Waals surface area contributed by atoms with E-state index < -0.39 is 10.0 Å². The van der Waals surface area contributed by atoms with Crippen LogP contribution in [0.5, 0.6) is 0 Å². The highest BCUT2D eigenvalue weighted by Gasteiger charge is 2.30. The molecule has 20 heteroatoms. The number of rotatable bonds is 13. The monoisotopic (exact) mass is 934 g/mol. The third-order valence-electron chi connectivity index (χ3n) is 12.5. The zero-order chi connectivity index (χ0) is 46.9. The summed E-state index contributed by atoms with van der Waals surface area (Å²) in [4.78, 5) is 35.0. The van der Waals surface area contributed by atoms with Crippen molar-refractivity contribution >= 4 is 15.9 Å². The average Bonchev–Trinajstić information content (AvgIpc) is 4.19. The van der Waals surface area contributed by atoms with Crippen LogP contribution < -0.4 is 0 Å². The molecule has 0 spiro atoms. The van der Waals surface area contributed by atoms with E-state index >= 15 is 0 Å². The fourth-order valence-electron chi connectivity index (χ4n) is 8.84. The Morgan fingerprint density at radius 2 is 1.24 bits per heavy atom. The lowest BCUT2D eigenvalue weighted by molar-refractivity contribution is -0.140. The SMILES string of the molecule is Cn1cc(-c2cccc(-c3ncc(-c4cn(CC(=O)N5CCOC(CCO)C5)nc4-c4nn(C5CCN(S(C)(=O)=O)CC5)cc4-c4cnc(-c5cccc(-c6cnn(C)c6)c5)nc4)cn3)c2)cn1. The molecule has 1 N–H and O–H groups in total. The van der Waals surface area contributed by atoms with Crippen LogP contribution in [0.15, 0.2) is 110 Å². The first-order valence-electron chi connectivity index (χ1n) is 22.4. The molecular formula is C48H50N14O5S. The normalized spacial score (nSPS) is 16.1. The second kappa shape index (κ2) is 18.8. The van der Waals surface area contributed by atoms with E-state index in [-0.39, 0.29) is 31.2 Å². The van der Waals surface area contributed by atoms with Crippen molar-refractivity contribution in [3.8, 4) is 78.7 Å². The van der Waals surface area contributed by atoms with E-state index in [1.807, 2.05) is 104 Å². The van der Waals surface area contributed by atoms with Gasteiger partial charge in [-0.1, -0.05) is 36.4 Å². The maximum atomic E-state index is 13.9. The number of hydrogen-bond donors (Lipinski definition) is 1. The number of aliphatic hydroxyl groups is 1. The molecule has 6 aromatic heterocycles. The first kappa shape index (κ1) is 44.6. The minimum absolute atomic E-state index is 0.0334. The molecule has 1 atom stereocenters. The van der Waals surface area contributed by atoms with Gasteiger partial charge in [0.25, 0.3) is 0 Å². The number of ether oxygens (including phenoxy) is 1. The predicted molar refractivity (Wildman–Crippen MR) is 253 cm³/mol. The quantitative estimate of drug-likeness (QED) is 0.162. The maximum Gasteiger partial charge on any atom is 0.244 e. The average molecular weight is 935 g/mol. The number of carbonyl (C=O) groups is 1. The summed E-state index contributed by atoms with van der Waals surface area (Å²) in [6, 6.07) is 15.9. The van der Waals surface area contributed by atoms with Crippen LogP contribution in [0.1, 0.15) is 25.3 Å². The number of sulfonamides is 1. The number of aryl methyl sites for hydroxylation is 2. The summed E-state index contributed by atoms with van der Waals surface area (Å²) in [5, 5.41) is 28.5. The molecule has 348 valence electrons. The van der Waals surface area contributed by atoms with Crippen molar-refractivity contribution in [3.05, 3.63) is 110 Å². The predicted octanol–water partition coefficient (Wildman–Crippen LogP) is 5.00. The minimum Gasteiger partial charge on any atom is -0.396 e. The number of nitrogens with zero attached hydrogens (tertiary/aromatic N) is 14. The van der Waals surface area contributed by atoms with Crippen LogP contribution in [0.4, 0.5) is 0 Å². The van der Waals surface area contributed by atoms with Crippen LogP contribution >= 0.6 is 0 Å². The van der Waals surface area contributed by atoms with Crippen LogP contribution in [0.2, 0.25) is 0 Å². The van der Waals surface area contributed by atoms with E-state index in [9.17, 15) is 18.3 Å². The van der Waals surface area contributed by atoms with Gasteiger partial charge in [-0.2, -0.15) is 20.4 Å². The van der Waals surface area contributed by atoms with Crippen molar-refractivity contribution in [2.75, 3.05) is 45.6 Å². The summed E-state index contributed by atoms with van der Waals surface area (Å²) in [6.07, 6.45) is 20.9. The Morgan fingerprint density at radius 3 is 1.76 bits per heavy atom. The van der Waals surface area contributed by atoms with Gasteiger partial charge in [0, 0.05) is 141 Å². The lowest BCUT2D eigenvalue weighted by Gasteiger charge is -2.32. The van der Waals surface area contributed by atoms with Crippen molar-refractivity contribution < 1.29 is 23.1 Å². The highest BCUT2D eigenvalue weighted by molar-refractivity contribution is 7.88. The van der Waals surface area contributed by atoms with Crippen LogP contribution in [-0.4, -0.2) is 139 Å². The Hall–Kier alpha value is -7.26. The number of benzene rings is 2. The van der Waals surface area contributed by atoms with Crippen LogP contribution in [0.25, 0.3) is 78.7 Å². The van der Waals surface area contributed by atoms with Crippen LogP contribution in [0, 0.1) is 0 Å². The highest BCUT2D eigenvalue weighted by Crippen LogP contribution is 2.39. The van der Waals surface area contributed by atoms with Crippen molar-refractivity contribution in [2.45, 2.75) is 38.0 Å². The van der Waals surface area contributed by atoms with Gasteiger partial charge in [0.15, 0.2) is 11.6 Å². The number of hydrogen-bond acceptors (Lipinski definition) is 13. The smallest absolute Gasteiger partial charge is 0.244 e. The van der Waals surface area contributed by atoms with E-state index in [1.165, 1.54) is 10.6 Å². The topological polar surface area (TPSA) is 210 Å². The Labute approximate surface area is 392 Å². The van der Waals surface area contributed by atoms with Gasteiger partial charge in [-0.15, -0.1) is 0 Å². The van der Waals surface area contributed by atoms with Crippen molar-refractivity contribution in [2.24, 2.45) is 14.1 Å². The second-order valence-electron chi connectivity index (χ2n) is 17.3. The number of amides is 1. The summed E-state index contributed by atoms with van der Waals surface area (Å²) in [5.74, 6) is 0.927. The molecule has 8 heterocycles. The lowest BCUT2D eigenvalue weighted by Crippen LogP contribution is -2.47. The second-order valence-corrected chi connectivity index (χ2v) is 19.2. The number of carbonyl (C=O) groups excluding carboxylic acids is 1. The molecule has 2 saturated heterocycles. The Morgan fingerprint density at radius 1 is 0.691 bits per heavy atom. The van der Waals surface area contributed by atoms with Gasteiger partial charge in [0.2, 0.25) is 15.9 Å². The molecule has 2 aromatic carbocycles. The van der Waals surface area contributed by atoms with Crippen LogP contribution in [-0.2, 0) is 40.2 Å². The summed E-state index contributed by atoms with van der Waals surface area (Å²) in [5.41, 5.74) is 9.31. The molecule has 1 amide bonds. The molecule has 68 heavy (non-hydrogen) atoms. The third kappa shape index (κ3) is 9.48. The Balaban J connectivity index is 1.04. The van der Waals surface area contributed by atoms with Crippen molar-refractivity contribution in [1.29, 1.82) is 0 Å². The first-order chi connectivity index (χ1) is 32.9. The van der Waals surface area contributed by atoms with E-state index in [2.05, 4.69) is 10.2 Å². The largest absolute Gasteiger partial charge is 0.396 e. The molecule has 2 fully saturated rings. The molecule has 1 unspecified atom stereocenters. The molecule has 0 saturated carbocycles. The molecule has 2 aliphatic heterocycles. The van der Waals surface area contributed by atoms with Gasteiger partial charge < -0.3 is 14.7 Å². The summed E-state index contributed by atoms with van der Waals surface area (Å²) < 4.78 is 39.3. The summed E-state index contributed by atoms with van der Waals surface area (Å²) in [7, 11) is 0.410. The molecule has 10 rings (SSSR count). The summed E-state index contributed by atoms with van der Waals surface area (Å²) in [6.45, 7) is 1.80. The number of aliphatic hydroxyl groups excluding tert-OH is 1. The number of morpholine rings is 1. The van der Waals surface area contributed by atoms with E-state index in [0.29, 0.717) is 97.3 Å². The van der Waals surface area contributed by atoms with Gasteiger partial charge in [-0.3, -0.25) is 23.5 Å². The molecule has 19 nitrogen and oxygen atoms in total. The molecule has 8 aromatic rings. The molecule has 0 aliphatic carbocycles. The van der Waals surface area contributed by atoms with Gasteiger partial charge in [0.1, 0.15) is 17.9 Å². The molecule has 0 bridgehead atoms. The van der Waals surface area contributed by atoms with E-state index in [4.69, 9.17) is 34.9 Å². The Kier molecular flexibility index (Phi) is 12.3. The fraction of sp³-hybridized carbons (Fsp3) is 0.312. The maximum absolute atomic E-state index is 13.9. The standard InChI is InChI=1S/C48H50N14O5S/c1-57-26-38(24-53-57)32-6-4-8-34(18-32)47-49-20-36(21-50-47)42-29-60(31-44(64)59-15-17-67-41(28-59)12-16-63)55-45(42)46-43(30-62(56-46)40-10-13-61(14-11-40)68(3,65)66)37-22-51-48(52-23-37)35-9-5-7-33(19-35)39-25-54-58(2)27-39/h4-9,18-27,29-30,40-41,63H,10-17,28,31H2,1-3H3. The van der Waals surface area contributed by atoms with Gasteiger partial charge in [-0.25, -0.2) is 32.7 Å². The Bertz CT molecular complexity index is 3190. The minimum atomic E-state index is -3.35. The van der Waals surface area contributed by atoms with E-state index in [0.717, 1.165) is 33.4 Å². The van der Waals surface area contributed by atoms with Crippen molar-refractivity contribution in [3.63, 3.8) is 0 Å². The van der Waals surface area contributed by atoms with Crippen molar-refractivity contribution in [1.82, 2.24) is 68.3 Å². The van der Waals surface area contributed by atoms with Gasteiger partial charge in [-0.05, 0) is 42.5 Å². The third-order valence-corrected chi connectivity index (χ3v) is 13.8. The van der Waals surface area contributed by atoms with Gasteiger partial charge >= 0.3 is 0 Å². The molecule has 0 radical (unpaired) electrons. The highest BCUT2D eigenvalue weighted by atomic mass is 32.2.